The summed E-state index contributed by atoms with van der Waals surface area (Å²) in [4.78, 5) is 11.3. The van der Waals surface area contributed by atoms with Crippen molar-refractivity contribution in [3.05, 3.63) is 42.0 Å². The van der Waals surface area contributed by atoms with Crippen LogP contribution in [0, 0.1) is 0 Å². The minimum absolute atomic E-state index is 0.0971. The van der Waals surface area contributed by atoms with Gasteiger partial charge < -0.3 is 9.47 Å². The van der Waals surface area contributed by atoms with Crippen molar-refractivity contribution in [3.63, 3.8) is 0 Å². The van der Waals surface area contributed by atoms with Crippen LogP contribution in [-0.4, -0.2) is 84.1 Å². The average Bonchev–Trinajstić information content (AvgIpc) is 2.96. The van der Waals surface area contributed by atoms with Crippen LogP contribution in [0.2, 0.25) is 0 Å². The molecule has 0 spiro atoms. The monoisotopic (exact) mass is 824 g/mol. The van der Waals surface area contributed by atoms with E-state index in [1.54, 1.807) is 0 Å². The van der Waals surface area contributed by atoms with Crippen molar-refractivity contribution in [2.45, 2.75) is 84.9 Å². The van der Waals surface area contributed by atoms with Gasteiger partial charge in [0, 0.05) is 12.0 Å². The number of carbonyl (C=O) groups is 1. The lowest BCUT2D eigenvalue weighted by Gasteiger charge is -2.45. The van der Waals surface area contributed by atoms with E-state index in [1.165, 1.54) is 6.92 Å². The molecule has 0 atom stereocenters. The van der Waals surface area contributed by atoms with Gasteiger partial charge in [0.05, 0.1) is 6.61 Å². The number of carbonyl (C=O) groups excluding carboxylic acids is 1. The molecule has 1 aromatic carbocycles. The Morgan fingerprint density at radius 2 is 0.788 bits per heavy atom. The van der Waals surface area contributed by atoms with Crippen LogP contribution in [0.5, 0.6) is 5.75 Å². The van der Waals surface area contributed by atoms with E-state index in [4.69, 9.17) is 0 Å². The topological polar surface area (TPSA) is 35.5 Å². The second-order valence-electron chi connectivity index (χ2n) is 10.2. The second kappa shape index (κ2) is 13.1. The molecule has 0 saturated carbocycles. The zero-order chi connectivity index (χ0) is 42.0. The fourth-order valence-corrected chi connectivity index (χ4v) is 3.26. The van der Waals surface area contributed by atoms with Crippen LogP contribution in [0.25, 0.3) is 0 Å². The maximum atomic E-state index is 14.1. The Kier molecular flexibility index (Phi) is 11.7. The summed E-state index contributed by atoms with van der Waals surface area (Å²) in [6.45, 7) is 3.86. The fourth-order valence-electron chi connectivity index (χ4n) is 3.26. The van der Waals surface area contributed by atoms with Crippen molar-refractivity contribution in [3.8, 4) is 5.75 Å². The molecule has 1 aromatic rings. The Balaban J connectivity index is 3.62. The van der Waals surface area contributed by atoms with Crippen LogP contribution in [-0.2, 0) is 16.0 Å². The third-order valence-corrected chi connectivity index (χ3v) is 6.41. The number of halogens is 25. The highest BCUT2D eigenvalue weighted by atomic mass is 19.4. The van der Waals surface area contributed by atoms with Crippen molar-refractivity contribution < 1.29 is 124 Å². The van der Waals surface area contributed by atoms with E-state index < -0.39 is 89.8 Å². The van der Waals surface area contributed by atoms with Gasteiger partial charge in [-0.3, -0.25) is 0 Å². The van der Waals surface area contributed by atoms with Gasteiger partial charge in [0.25, 0.3) is 0 Å². The Morgan fingerprint density at radius 1 is 0.500 bits per heavy atom. The normalized spacial score (nSPS) is 15.4. The van der Waals surface area contributed by atoms with Crippen molar-refractivity contribution >= 4 is 5.97 Å². The average molecular weight is 824 g/mol. The summed E-state index contributed by atoms with van der Waals surface area (Å²) in [5.74, 6) is -95.2. The third kappa shape index (κ3) is 6.62. The SMILES string of the molecule is C=C(C)C(=O)OCCc1ccc(OC(F)(F)C(F)(F)C(F)(F)C(F)(F)C(F)(F)C(F)(F)C(F)(F)C(F)(F)C(F)(F)C(F)(F)C(F)(F)C(F)(F)F)cc1. The number of ether oxygens (including phenoxy) is 2. The molecule has 1 rings (SSSR count). The highest BCUT2D eigenvalue weighted by molar-refractivity contribution is 5.86. The molecule has 0 aliphatic carbocycles. The lowest BCUT2D eigenvalue weighted by atomic mass is 9.85. The summed E-state index contributed by atoms with van der Waals surface area (Å²) in [5.41, 5.74) is -0.236. The van der Waals surface area contributed by atoms with Crippen LogP contribution in [0.1, 0.15) is 12.5 Å². The Labute approximate surface area is 270 Å². The maximum Gasteiger partial charge on any atom is 0.471 e. The van der Waals surface area contributed by atoms with Crippen LogP contribution in [0.4, 0.5) is 110 Å². The number of hydrogen-bond acceptors (Lipinski definition) is 3. The molecule has 0 amide bonds. The largest absolute Gasteiger partial charge is 0.471 e. The second-order valence-corrected chi connectivity index (χ2v) is 10.2. The zero-order valence-corrected chi connectivity index (χ0v) is 24.1. The molecule has 0 heterocycles. The summed E-state index contributed by atoms with van der Waals surface area (Å²) < 4.78 is 347. The molecular formula is C24H13F25O3. The summed E-state index contributed by atoms with van der Waals surface area (Å²) in [5, 5.41) is 0. The van der Waals surface area contributed by atoms with Gasteiger partial charge in [0.2, 0.25) is 0 Å². The van der Waals surface area contributed by atoms with Crippen LogP contribution >= 0.6 is 0 Å². The molecular weight excluding hydrogens is 811 g/mol. The molecule has 302 valence electrons. The van der Waals surface area contributed by atoms with Gasteiger partial charge >= 0.3 is 77.5 Å². The van der Waals surface area contributed by atoms with Crippen molar-refractivity contribution in [2.75, 3.05) is 6.61 Å². The molecule has 0 bridgehead atoms. The van der Waals surface area contributed by atoms with E-state index in [0.717, 1.165) is 0 Å². The first-order valence-corrected chi connectivity index (χ1v) is 12.4. The van der Waals surface area contributed by atoms with Gasteiger partial charge in [-0.2, -0.15) is 110 Å². The molecule has 0 fully saturated rings. The lowest BCUT2D eigenvalue weighted by Crippen LogP contribution is -2.78. The van der Waals surface area contributed by atoms with Crippen LogP contribution in [0.15, 0.2) is 36.4 Å². The summed E-state index contributed by atoms with van der Waals surface area (Å²) in [6, 6.07) is 1.32. The molecule has 3 nitrogen and oxygen atoms in total. The maximum absolute atomic E-state index is 14.1. The molecule has 28 heteroatoms. The van der Waals surface area contributed by atoms with Crippen molar-refractivity contribution in [1.29, 1.82) is 0 Å². The van der Waals surface area contributed by atoms with Gasteiger partial charge in [-0.25, -0.2) is 4.79 Å². The van der Waals surface area contributed by atoms with E-state index in [2.05, 4.69) is 16.1 Å². The molecule has 0 aromatic heterocycles. The van der Waals surface area contributed by atoms with Gasteiger partial charge in [0.15, 0.2) is 0 Å². The smallest absolute Gasteiger partial charge is 0.462 e. The van der Waals surface area contributed by atoms with Gasteiger partial charge in [-0.05, 0) is 24.6 Å². The van der Waals surface area contributed by atoms with E-state index >= 15 is 0 Å². The summed E-state index contributed by atoms with van der Waals surface area (Å²) >= 11 is 0. The Morgan fingerprint density at radius 3 is 1.08 bits per heavy atom. The van der Waals surface area contributed by atoms with E-state index in [0.29, 0.717) is 12.1 Å². The minimum Gasteiger partial charge on any atom is -0.462 e. The Hall–Kier alpha value is -3.52. The molecule has 0 unspecified atom stereocenters. The molecule has 52 heavy (non-hydrogen) atoms. The van der Waals surface area contributed by atoms with E-state index in [-0.39, 0.29) is 29.7 Å². The molecule has 0 saturated heterocycles. The van der Waals surface area contributed by atoms with Gasteiger partial charge in [0.1, 0.15) is 5.75 Å². The number of esters is 1. The number of rotatable bonds is 16. The molecule has 0 aliphatic rings. The number of hydrogen-bond donors (Lipinski definition) is 0. The van der Waals surface area contributed by atoms with Gasteiger partial charge in [-0.15, -0.1) is 0 Å². The first-order valence-electron chi connectivity index (χ1n) is 12.4. The Bertz CT molecular complexity index is 1460. The fraction of sp³-hybridized carbons (Fsp3) is 0.625. The third-order valence-electron chi connectivity index (χ3n) is 6.41. The zero-order valence-electron chi connectivity index (χ0n) is 24.1. The highest BCUT2D eigenvalue weighted by Crippen LogP contribution is 2.67. The van der Waals surface area contributed by atoms with Crippen LogP contribution < -0.4 is 4.74 Å². The highest BCUT2D eigenvalue weighted by Gasteiger charge is 2.99. The van der Waals surface area contributed by atoms with Crippen LogP contribution in [0.3, 0.4) is 0 Å². The summed E-state index contributed by atoms with van der Waals surface area (Å²) in [7, 11) is 0. The summed E-state index contributed by atoms with van der Waals surface area (Å²) in [6.07, 6.45) is -15.9. The first-order chi connectivity index (χ1) is 22.5. The standard InChI is InChI=1S/C24H13F25O3/c1-9(2)12(50)51-8-7-10-3-5-11(6-4-10)52-24(48,49)22(43,44)20(39,40)18(35,36)16(31,32)14(27,28)13(25,26)15(29,30)17(33,34)19(37,38)21(41,42)23(45,46)47/h3-6H,1,7-8H2,2H3. The molecule has 0 N–H and O–H groups in total. The minimum atomic E-state index is -9.66. The quantitative estimate of drug-likeness (QED) is 0.0947. The van der Waals surface area contributed by atoms with E-state index in [1.807, 2.05) is 0 Å². The predicted octanol–water partition coefficient (Wildman–Crippen LogP) is 10.2. The van der Waals surface area contributed by atoms with Gasteiger partial charge in [-0.1, -0.05) is 18.7 Å². The molecule has 0 aliphatic heterocycles. The van der Waals surface area contributed by atoms with E-state index in [9.17, 15) is 115 Å². The molecule has 0 radical (unpaired) electrons. The number of alkyl halides is 25. The lowest BCUT2D eigenvalue weighted by molar-refractivity contribution is -0.486. The van der Waals surface area contributed by atoms with Crippen molar-refractivity contribution in [1.82, 2.24) is 0 Å². The van der Waals surface area contributed by atoms with Crippen molar-refractivity contribution in [2.24, 2.45) is 0 Å². The first kappa shape index (κ1) is 46.5. The number of benzene rings is 1. The predicted molar refractivity (Wildman–Crippen MR) is 117 cm³/mol.